The van der Waals surface area contributed by atoms with Crippen LogP contribution in [-0.4, -0.2) is 42.7 Å². The molecule has 26 heavy (non-hydrogen) atoms. The van der Waals surface area contributed by atoms with Gasteiger partial charge in [0.2, 0.25) is 0 Å². The molecule has 0 radical (unpaired) electrons. The van der Waals surface area contributed by atoms with Crippen molar-refractivity contribution in [1.29, 1.82) is 0 Å². The van der Waals surface area contributed by atoms with Gasteiger partial charge >= 0.3 is 0 Å². The first-order valence-electron chi connectivity index (χ1n) is 7.77. The Bertz CT molecular complexity index is 748. The van der Waals surface area contributed by atoms with Gasteiger partial charge in [-0.1, -0.05) is 0 Å². The quantitative estimate of drug-likeness (QED) is 0.496. The molecule has 1 aromatic carbocycles. The van der Waals surface area contributed by atoms with Crippen molar-refractivity contribution in [3.05, 3.63) is 52.8 Å². The van der Waals surface area contributed by atoms with Crippen molar-refractivity contribution in [2.75, 3.05) is 36.8 Å². The zero-order valence-corrected chi connectivity index (χ0v) is 15.6. The van der Waals surface area contributed by atoms with E-state index in [0.29, 0.717) is 59.8 Å². The fourth-order valence-corrected chi connectivity index (χ4v) is 2.83. The molecule has 1 aliphatic carbocycles. The number of carbonyl (C=O) groups excluding carboxylic acids is 2. The number of halogens is 2. The molecule has 0 unspecified atom stereocenters. The number of nitrogens with one attached hydrogen (secondary N) is 2. The lowest BCUT2D eigenvalue weighted by Crippen LogP contribution is -2.26. The Hall–Kier alpha value is -2.19. The first-order valence-corrected chi connectivity index (χ1v) is 7.77. The fraction of sp³-hybridized carbons (Fsp3) is 0.235. The number of carbonyl (C=O) groups is 2. The molecule has 0 atom stereocenters. The van der Waals surface area contributed by atoms with Crippen LogP contribution in [0, 0.1) is 0 Å². The number of pyridine rings is 1. The van der Waals surface area contributed by atoms with Gasteiger partial charge in [-0.3, -0.25) is 14.6 Å². The average Bonchev–Trinajstić information content (AvgIpc) is 2.62. The van der Waals surface area contributed by atoms with E-state index in [1.165, 1.54) is 12.4 Å². The van der Waals surface area contributed by atoms with E-state index in [1.807, 2.05) is 0 Å². The summed E-state index contributed by atoms with van der Waals surface area (Å²) < 4.78 is 0. The molecule has 6 N–H and O–H groups in total. The van der Waals surface area contributed by atoms with Crippen molar-refractivity contribution < 1.29 is 9.59 Å². The number of nitrogens with two attached hydrogens (primary N) is 2. The van der Waals surface area contributed by atoms with Crippen LogP contribution in [0.1, 0.15) is 31.8 Å². The van der Waals surface area contributed by atoms with Crippen molar-refractivity contribution >= 4 is 47.8 Å². The zero-order chi connectivity index (χ0) is 17.1. The summed E-state index contributed by atoms with van der Waals surface area (Å²) in [7, 11) is 0. The van der Waals surface area contributed by atoms with E-state index in [1.54, 1.807) is 18.2 Å². The molecule has 0 amide bonds. The second-order valence-corrected chi connectivity index (χ2v) is 5.42. The van der Waals surface area contributed by atoms with Crippen molar-refractivity contribution in [2.45, 2.75) is 0 Å². The van der Waals surface area contributed by atoms with Crippen LogP contribution in [0.25, 0.3) is 0 Å². The number of fused-ring (bicyclic) bond motifs is 2. The Morgan fingerprint density at radius 1 is 0.808 bits per heavy atom. The summed E-state index contributed by atoms with van der Waals surface area (Å²) in [6.07, 6.45) is 2.95. The van der Waals surface area contributed by atoms with Crippen LogP contribution in [0.3, 0.4) is 0 Å². The van der Waals surface area contributed by atoms with Gasteiger partial charge in [-0.2, -0.15) is 0 Å². The van der Waals surface area contributed by atoms with Crippen LogP contribution in [0.2, 0.25) is 0 Å². The van der Waals surface area contributed by atoms with E-state index in [2.05, 4.69) is 15.6 Å². The normalized spacial score (nSPS) is 11.6. The van der Waals surface area contributed by atoms with Gasteiger partial charge in [-0.25, -0.2) is 0 Å². The van der Waals surface area contributed by atoms with Gasteiger partial charge in [0.1, 0.15) is 0 Å². The molecular formula is C17H21Cl2N5O2. The molecule has 0 spiro atoms. The van der Waals surface area contributed by atoms with Crippen LogP contribution in [0.5, 0.6) is 0 Å². The molecule has 9 heteroatoms. The van der Waals surface area contributed by atoms with Crippen LogP contribution in [-0.2, 0) is 0 Å². The molecule has 1 heterocycles. The van der Waals surface area contributed by atoms with Crippen LogP contribution >= 0.6 is 24.8 Å². The Morgan fingerprint density at radius 2 is 1.31 bits per heavy atom. The molecule has 0 bridgehead atoms. The van der Waals surface area contributed by atoms with E-state index in [-0.39, 0.29) is 36.4 Å². The maximum atomic E-state index is 13.0. The van der Waals surface area contributed by atoms with Crippen LogP contribution in [0.4, 0.5) is 11.4 Å². The summed E-state index contributed by atoms with van der Waals surface area (Å²) >= 11 is 0. The standard InChI is InChI=1S/C17H19N5O2.2ClH/c18-4-7-21-12-1-2-13(22-8-5-19)15-14(12)16(23)10-3-6-20-9-11(10)17(15)24;;/h1-3,6,9,21-22H,4-5,7-8,18-19H2;2*1H. The topological polar surface area (TPSA) is 123 Å². The highest BCUT2D eigenvalue weighted by atomic mass is 35.5. The maximum absolute atomic E-state index is 13.0. The predicted molar refractivity (Wildman–Crippen MR) is 107 cm³/mol. The predicted octanol–water partition coefficient (Wildman–Crippen LogP) is 1.44. The number of anilines is 2. The molecule has 1 aliphatic rings. The highest BCUT2D eigenvalue weighted by molar-refractivity contribution is 6.31. The van der Waals surface area contributed by atoms with E-state index in [9.17, 15) is 9.59 Å². The molecular weight excluding hydrogens is 377 g/mol. The van der Waals surface area contributed by atoms with Gasteiger partial charge < -0.3 is 22.1 Å². The molecule has 2 aromatic rings. The smallest absolute Gasteiger partial charge is 0.198 e. The Balaban J connectivity index is 0.00000169. The summed E-state index contributed by atoms with van der Waals surface area (Å²) in [6.45, 7) is 1.85. The van der Waals surface area contributed by atoms with E-state index in [0.717, 1.165) is 0 Å². The molecule has 0 saturated carbocycles. The average molecular weight is 398 g/mol. The Morgan fingerprint density at radius 3 is 1.81 bits per heavy atom. The summed E-state index contributed by atoms with van der Waals surface area (Å²) in [6, 6.07) is 5.13. The minimum absolute atomic E-state index is 0. The molecule has 0 fully saturated rings. The van der Waals surface area contributed by atoms with Gasteiger partial charge in [0.15, 0.2) is 11.6 Å². The van der Waals surface area contributed by atoms with Gasteiger partial charge in [-0.15, -0.1) is 24.8 Å². The van der Waals surface area contributed by atoms with Gasteiger partial charge in [0.05, 0.1) is 16.7 Å². The molecule has 1 aromatic heterocycles. The van der Waals surface area contributed by atoms with E-state index < -0.39 is 0 Å². The van der Waals surface area contributed by atoms with Crippen molar-refractivity contribution in [3.8, 4) is 0 Å². The third kappa shape index (κ3) is 3.81. The minimum atomic E-state index is -0.219. The Kier molecular flexibility index (Phi) is 7.98. The number of rotatable bonds is 6. The molecule has 3 rings (SSSR count). The molecule has 140 valence electrons. The summed E-state index contributed by atoms with van der Waals surface area (Å²) in [5, 5.41) is 6.24. The first-order chi connectivity index (χ1) is 11.7. The molecule has 0 aliphatic heterocycles. The number of aromatic nitrogens is 1. The third-order valence-corrected chi connectivity index (χ3v) is 3.89. The highest BCUT2D eigenvalue weighted by Crippen LogP contribution is 2.36. The number of benzene rings is 1. The van der Waals surface area contributed by atoms with Gasteiger partial charge in [-0.05, 0) is 18.2 Å². The zero-order valence-electron chi connectivity index (χ0n) is 14.0. The lowest BCUT2D eigenvalue weighted by molar-refractivity contribution is 0.0980. The SMILES string of the molecule is Cl.Cl.NCCNc1ccc(NCCN)c2c1C(=O)c1ccncc1C2=O. The summed E-state index contributed by atoms with van der Waals surface area (Å²) in [4.78, 5) is 29.9. The number of ketones is 2. The largest absolute Gasteiger partial charge is 0.383 e. The minimum Gasteiger partial charge on any atom is -0.383 e. The van der Waals surface area contributed by atoms with Gasteiger partial charge in [0.25, 0.3) is 0 Å². The Labute approximate surface area is 163 Å². The summed E-state index contributed by atoms with van der Waals surface area (Å²) in [5.74, 6) is -0.415. The van der Waals surface area contributed by atoms with Gasteiger partial charge in [0, 0.05) is 55.5 Å². The maximum Gasteiger partial charge on any atom is 0.198 e. The lowest BCUT2D eigenvalue weighted by atomic mass is 9.83. The monoisotopic (exact) mass is 397 g/mol. The summed E-state index contributed by atoms with van der Waals surface area (Å²) in [5.41, 5.74) is 13.7. The highest BCUT2D eigenvalue weighted by Gasteiger charge is 2.34. The van der Waals surface area contributed by atoms with Crippen LogP contribution in [0.15, 0.2) is 30.6 Å². The van der Waals surface area contributed by atoms with Crippen molar-refractivity contribution in [1.82, 2.24) is 4.98 Å². The lowest BCUT2D eigenvalue weighted by Gasteiger charge is -2.23. The van der Waals surface area contributed by atoms with Crippen molar-refractivity contribution in [3.63, 3.8) is 0 Å². The van der Waals surface area contributed by atoms with E-state index >= 15 is 0 Å². The second-order valence-electron chi connectivity index (χ2n) is 5.42. The number of hydrogen-bond donors (Lipinski definition) is 4. The second kappa shape index (κ2) is 9.49. The first kappa shape index (κ1) is 21.9. The van der Waals surface area contributed by atoms with Crippen molar-refractivity contribution in [2.24, 2.45) is 11.5 Å². The molecule has 7 nitrogen and oxygen atoms in total. The molecule has 0 saturated heterocycles. The third-order valence-electron chi connectivity index (χ3n) is 3.89. The fourth-order valence-electron chi connectivity index (χ4n) is 2.83. The van der Waals surface area contributed by atoms with E-state index in [4.69, 9.17) is 11.5 Å². The number of nitrogens with zero attached hydrogens (tertiary/aromatic N) is 1. The van der Waals surface area contributed by atoms with Crippen LogP contribution < -0.4 is 22.1 Å². The number of hydrogen-bond acceptors (Lipinski definition) is 7.